The molecule has 0 radical (unpaired) electrons. The lowest BCUT2D eigenvalue weighted by Crippen LogP contribution is -2.29. The van der Waals surface area contributed by atoms with Crippen LogP contribution in [0.4, 0.5) is 20.3 Å². The lowest BCUT2D eigenvalue weighted by Gasteiger charge is -2.24. The van der Waals surface area contributed by atoms with Crippen LogP contribution in [0.2, 0.25) is 0 Å². The number of amides is 1. The fourth-order valence-corrected chi connectivity index (χ4v) is 4.11. The number of nitrogens with zero attached hydrogens (tertiary/aromatic N) is 2. The second-order valence-corrected chi connectivity index (χ2v) is 9.33. The minimum absolute atomic E-state index is 0.0766. The van der Waals surface area contributed by atoms with Gasteiger partial charge in [-0.1, -0.05) is 12.1 Å². The van der Waals surface area contributed by atoms with E-state index in [1.54, 1.807) is 23.2 Å². The summed E-state index contributed by atoms with van der Waals surface area (Å²) in [6, 6.07) is 7.27. The molecule has 1 amide bonds. The van der Waals surface area contributed by atoms with E-state index in [1.807, 2.05) is 0 Å². The van der Waals surface area contributed by atoms with Crippen LogP contribution in [0.25, 0.3) is 0 Å². The van der Waals surface area contributed by atoms with Crippen molar-refractivity contribution in [1.82, 2.24) is 4.98 Å². The molecule has 1 aromatic heterocycles. The normalized spacial score (nSPS) is 16.3. The van der Waals surface area contributed by atoms with Crippen molar-refractivity contribution < 1.29 is 22.0 Å². The highest BCUT2D eigenvalue weighted by atomic mass is 32.2. The predicted molar refractivity (Wildman–Crippen MR) is 120 cm³/mol. The van der Waals surface area contributed by atoms with Crippen molar-refractivity contribution in [3.05, 3.63) is 60.3 Å². The number of sulfonamides is 1. The van der Waals surface area contributed by atoms with E-state index in [4.69, 9.17) is 5.14 Å². The Balaban J connectivity index is 1.93. The molecule has 1 aromatic carbocycles. The Hall–Kier alpha value is -2.85. The first kappa shape index (κ1) is 23.8. The van der Waals surface area contributed by atoms with Gasteiger partial charge in [-0.2, -0.15) is 0 Å². The highest BCUT2D eigenvalue weighted by Crippen LogP contribution is 2.31. The predicted octanol–water partition coefficient (Wildman–Crippen LogP) is 3.73. The Kier molecular flexibility index (Phi) is 7.25. The topological polar surface area (TPSA) is 105 Å². The number of allylic oxidation sites excluding steroid dienone is 1. The summed E-state index contributed by atoms with van der Waals surface area (Å²) in [6.07, 6.45) is 4.46. The molecular weight excluding hydrogens is 438 g/mol. The van der Waals surface area contributed by atoms with Crippen LogP contribution in [-0.2, 0) is 16.4 Å². The zero-order valence-electron chi connectivity index (χ0n) is 17.6. The van der Waals surface area contributed by atoms with Crippen molar-refractivity contribution in [2.45, 2.75) is 42.9 Å². The van der Waals surface area contributed by atoms with Crippen LogP contribution in [0.1, 0.15) is 41.6 Å². The molecule has 32 heavy (non-hydrogen) atoms. The second kappa shape index (κ2) is 9.74. The zero-order valence-corrected chi connectivity index (χ0v) is 18.4. The van der Waals surface area contributed by atoms with Crippen molar-refractivity contribution in [3.63, 3.8) is 0 Å². The molecule has 2 aromatic rings. The van der Waals surface area contributed by atoms with E-state index in [-0.39, 0.29) is 42.0 Å². The average molecular weight is 465 g/mol. The summed E-state index contributed by atoms with van der Waals surface area (Å²) in [4.78, 5) is 19.2. The Labute approximate surface area is 186 Å². The summed E-state index contributed by atoms with van der Waals surface area (Å²) in [5.74, 6) is -2.93. The Bertz CT molecular complexity index is 1110. The summed E-state index contributed by atoms with van der Waals surface area (Å²) in [5, 5.41) is 7.84. The van der Waals surface area contributed by atoms with Crippen LogP contribution in [0.5, 0.6) is 0 Å². The van der Waals surface area contributed by atoms with Gasteiger partial charge in [0.25, 0.3) is 5.91 Å². The number of carbonyl (C=O) groups is 1. The molecule has 0 aliphatic carbocycles. The fraction of sp³-hybridized carbons (Fsp3) is 0.364. The number of pyridine rings is 1. The summed E-state index contributed by atoms with van der Waals surface area (Å²) in [7, 11) is -3.94. The molecule has 0 atom stereocenters. The maximum absolute atomic E-state index is 13.8. The molecular formula is C22H26F2N4O3S. The SMILES string of the molecule is C=CCCc1cnc(N2CCCC(F)(F)CC2)c(C(=O)Nc2cccc(S(N)(=O)=O)c2)c1. The van der Waals surface area contributed by atoms with Crippen molar-refractivity contribution >= 4 is 27.4 Å². The number of hydrogen-bond acceptors (Lipinski definition) is 5. The number of nitrogens with two attached hydrogens (primary N) is 1. The fourth-order valence-electron chi connectivity index (χ4n) is 3.55. The summed E-state index contributed by atoms with van der Waals surface area (Å²) >= 11 is 0. The molecule has 3 N–H and O–H groups in total. The van der Waals surface area contributed by atoms with Crippen LogP contribution in [0.15, 0.2) is 54.1 Å². The second-order valence-electron chi connectivity index (χ2n) is 7.77. The number of nitrogens with one attached hydrogen (secondary N) is 1. The summed E-state index contributed by atoms with van der Waals surface area (Å²) in [5.41, 5.74) is 1.28. The quantitative estimate of drug-likeness (QED) is 0.608. The number of alkyl halides is 2. The number of aryl methyl sites for hydroxylation is 1. The van der Waals surface area contributed by atoms with E-state index < -0.39 is 21.9 Å². The van der Waals surface area contributed by atoms with Crippen molar-refractivity contribution in [2.24, 2.45) is 5.14 Å². The molecule has 1 aliphatic heterocycles. The molecule has 1 fully saturated rings. The first-order valence-corrected chi connectivity index (χ1v) is 11.8. The number of primary sulfonamides is 1. The van der Waals surface area contributed by atoms with Gasteiger partial charge in [0, 0.05) is 37.8 Å². The highest BCUT2D eigenvalue weighted by molar-refractivity contribution is 7.89. The van der Waals surface area contributed by atoms with E-state index in [2.05, 4.69) is 16.9 Å². The first-order valence-electron chi connectivity index (χ1n) is 10.3. The molecule has 2 heterocycles. The third-order valence-corrected chi connectivity index (χ3v) is 6.15. The van der Waals surface area contributed by atoms with Gasteiger partial charge < -0.3 is 10.2 Å². The molecule has 0 saturated carbocycles. The van der Waals surface area contributed by atoms with Crippen LogP contribution in [0.3, 0.4) is 0 Å². The summed E-state index contributed by atoms with van der Waals surface area (Å²) in [6.45, 7) is 4.13. The lowest BCUT2D eigenvalue weighted by atomic mass is 10.1. The Morgan fingerprint density at radius 1 is 1.28 bits per heavy atom. The van der Waals surface area contributed by atoms with Crippen LogP contribution >= 0.6 is 0 Å². The standard InChI is InChI=1S/C22H26F2N4O3S/c1-2-3-6-16-13-19(20(26-15-16)28-11-5-9-22(23,24)10-12-28)21(29)27-17-7-4-8-18(14-17)32(25,30)31/h2,4,7-8,13-15H,1,3,5-6,9-12H2,(H,27,29)(H2,25,30,31). The van der Waals surface area contributed by atoms with Crippen molar-refractivity contribution in [2.75, 3.05) is 23.3 Å². The Morgan fingerprint density at radius 2 is 2.06 bits per heavy atom. The molecule has 0 unspecified atom stereocenters. The zero-order chi connectivity index (χ0) is 23.4. The largest absolute Gasteiger partial charge is 0.356 e. The monoisotopic (exact) mass is 464 g/mol. The number of benzene rings is 1. The molecule has 0 bridgehead atoms. The number of rotatable bonds is 7. The van der Waals surface area contributed by atoms with Gasteiger partial charge in [0.15, 0.2) is 0 Å². The van der Waals surface area contributed by atoms with Gasteiger partial charge in [-0.05, 0) is 49.1 Å². The van der Waals surface area contributed by atoms with Gasteiger partial charge in [0.1, 0.15) is 5.82 Å². The van der Waals surface area contributed by atoms with Crippen molar-refractivity contribution in [3.8, 4) is 0 Å². The number of aromatic nitrogens is 1. The number of anilines is 2. The van der Waals surface area contributed by atoms with Gasteiger partial charge in [-0.3, -0.25) is 4.79 Å². The third kappa shape index (κ3) is 6.10. The minimum Gasteiger partial charge on any atom is -0.356 e. The van der Waals surface area contributed by atoms with Gasteiger partial charge in [-0.25, -0.2) is 27.3 Å². The third-order valence-electron chi connectivity index (χ3n) is 5.24. The van der Waals surface area contributed by atoms with Crippen molar-refractivity contribution in [1.29, 1.82) is 0 Å². The van der Waals surface area contributed by atoms with E-state index >= 15 is 0 Å². The molecule has 1 aliphatic rings. The molecule has 7 nitrogen and oxygen atoms in total. The lowest BCUT2D eigenvalue weighted by molar-refractivity contribution is -0.0102. The molecule has 3 rings (SSSR count). The van der Waals surface area contributed by atoms with E-state index in [1.165, 1.54) is 24.3 Å². The maximum atomic E-state index is 13.8. The molecule has 172 valence electrons. The van der Waals surface area contributed by atoms with Crippen LogP contribution < -0.4 is 15.4 Å². The van der Waals surface area contributed by atoms with Gasteiger partial charge in [0.05, 0.1) is 10.5 Å². The number of hydrogen-bond donors (Lipinski definition) is 2. The van der Waals surface area contributed by atoms with E-state index in [0.717, 1.165) is 5.56 Å². The van der Waals surface area contributed by atoms with Gasteiger partial charge in [0.2, 0.25) is 15.9 Å². The number of halogens is 2. The van der Waals surface area contributed by atoms with Crippen LogP contribution in [0, 0.1) is 0 Å². The smallest absolute Gasteiger partial charge is 0.259 e. The highest BCUT2D eigenvalue weighted by Gasteiger charge is 2.33. The number of carbonyl (C=O) groups excluding carboxylic acids is 1. The maximum Gasteiger partial charge on any atom is 0.259 e. The van der Waals surface area contributed by atoms with E-state index in [9.17, 15) is 22.0 Å². The summed E-state index contributed by atoms with van der Waals surface area (Å²) < 4.78 is 50.9. The van der Waals surface area contributed by atoms with Gasteiger partial charge in [-0.15, -0.1) is 6.58 Å². The molecule has 10 heteroatoms. The van der Waals surface area contributed by atoms with Gasteiger partial charge >= 0.3 is 0 Å². The molecule has 0 spiro atoms. The Morgan fingerprint density at radius 3 is 2.78 bits per heavy atom. The van der Waals surface area contributed by atoms with Crippen LogP contribution in [-0.4, -0.2) is 38.3 Å². The average Bonchev–Trinajstić information content (AvgIpc) is 2.92. The first-order chi connectivity index (χ1) is 15.1. The minimum atomic E-state index is -3.94. The van der Waals surface area contributed by atoms with E-state index in [0.29, 0.717) is 25.2 Å². The molecule has 1 saturated heterocycles.